The van der Waals surface area contributed by atoms with Crippen molar-refractivity contribution in [3.8, 4) is 0 Å². The lowest BCUT2D eigenvalue weighted by atomic mass is 10.2. The molecule has 0 atom stereocenters. The fourth-order valence-electron chi connectivity index (χ4n) is 2.76. The topological polar surface area (TPSA) is 69.3 Å². The fourth-order valence-corrected chi connectivity index (χ4v) is 3.12. The van der Waals surface area contributed by atoms with E-state index in [1.807, 2.05) is 19.1 Å². The standard InChI is InChI=1S/C18H13BrN4O2/c1-11-2-5-16-21-13(7-17(24)23(16)8-11)9-22-10-20-15-4-3-12(19)6-14(15)18(22)25/h2-8,10H,9H2,1H3. The molecule has 0 fully saturated rings. The van der Waals surface area contributed by atoms with Crippen molar-refractivity contribution in [2.75, 3.05) is 0 Å². The van der Waals surface area contributed by atoms with E-state index in [-0.39, 0.29) is 17.7 Å². The molecular weight excluding hydrogens is 384 g/mol. The molecule has 0 aliphatic rings. The number of pyridine rings is 1. The Balaban J connectivity index is 1.82. The number of aryl methyl sites for hydroxylation is 1. The zero-order valence-corrected chi connectivity index (χ0v) is 14.9. The largest absolute Gasteiger partial charge is 0.293 e. The second-order valence-electron chi connectivity index (χ2n) is 5.86. The number of halogens is 1. The fraction of sp³-hybridized carbons (Fsp3) is 0.111. The number of fused-ring (bicyclic) bond motifs is 2. The Bertz CT molecular complexity index is 1240. The highest BCUT2D eigenvalue weighted by Gasteiger charge is 2.08. The van der Waals surface area contributed by atoms with Gasteiger partial charge in [0.1, 0.15) is 5.65 Å². The molecule has 4 aromatic rings. The molecule has 3 heterocycles. The Morgan fingerprint density at radius 2 is 1.96 bits per heavy atom. The van der Waals surface area contributed by atoms with E-state index in [4.69, 9.17) is 0 Å². The molecule has 0 amide bonds. The minimum atomic E-state index is -0.173. The summed E-state index contributed by atoms with van der Waals surface area (Å²) in [6, 6.07) is 10.5. The second kappa shape index (κ2) is 5.93. The number of aromatic nitrogens is 4. The highest BCUT2D eigenvalue weighted by Crippen LogP contribution is 2.15. The van der Waals surface area contributed by atoms with Gasteiger partial charge < -0.3 is 0 Å². The number of hydrogen-bond donors (Lipinski definition) is 0. The summed E-state index contributed by atoms with van der Waals surface area (Å²) in [6.07, 6.45) is 3.23. The van der Waals surface area contributed by atoms with Gasteiger partial charge in [-0.3, -0.25) is 18.6 Å². The molecule has 0 unspecified atom stereocenters. The molecule has 7 heteroatoms. The van der Waals surface area contributed by atoms with E-state index in [1.165, 1.54) is 21.4 Å². The third kappa shape index (κ3) is 2.87. The van der Waals surface area contributed by atoms with Gasteiger partial charge in [0.15, 0.2) is 0 Å². The van der Waals surface area contributed by atoms with E-state index in [0.29, 0.717) is 22.2 Å². The van der Waals surface area contributed by atoms with Gasteiger partial charge in [-0.2, -0.15) is 0 Å². The van der Waals surface area contributed by atoms with E-state index in [1.54, 1.807) is 24.4 Å². The summed E-state index contributed by atoms with van der Waals surface area (Å²) in [4.78, 5) is 33.8. The van der Waals surface area contributed by atoms with E-state index in [0.717, 1.165) is 10.0 Å². The van der Waals surface area contributed by atoms with Gasteiger partial charge in [-0.25, -0.2) is 9.97 Å². The average molecular weight is 397 g/mol. The van der Waals surface area contributed by atoms with Crippen LogP contribution in [0.15, 0.2) is 63.0 Å². The quantitative estimate of drug-likeness (QED) is 0.521. The van der Waals surface area contributed by atoms with Crippen molar-refractivity contribution in [2.24, 2.45) is 0 Å². The second-order valence-corrected chi connectivity index (χ2v) is 6.78. The minimum Gasteiger partial charge on any atom is -0.293 e. The van der Waals surface area contributed by atoms with Crippen LogP contribution in [0.25, 0.3) is 16.6 Å². The molecule has 124 valence electrons. The maximum atomic E-state index is 12.7. The lowest BCUT2D eigenvalue weighted by molar-refractivity contribution is 0.726. The molecule has 25 heavy (non-hydrogen) atoms. The Labute approximate surface area is 150 Å². The number of benzene rings is 1. The summed E-state index contributed by atoms with van der Waals surface area (Å²) in [6.45, 7) is 2.10. The Hall–Kier alpha value is -2.80. The zero-order valence-electron chi connectivity index (χ0n) is 13.3. The van der Waals surface area contributed by atoms with Crippen LogP contribution in [0.5, 0.6) is 0 Å². The first-order valence-corrected chi connectivity index (χ1v) is 8.44. The molecule has 1 aromatic carbocycles. The van der Waals surface area contributed by atoms with Crippen LogP contribution in [-0.4, -0.2) is 18.9 Å². The summed E-state index contributed by atoms with van der Waals surface area (Å²) < 4.78 is 3.77. The van der Waals surface area contributed by atoms with Gasteiger partial charge in [-0.15, -0.1) is 0 Å². The van der Waals surface area contributed by atoms with Crippen LogP contribution in [0.1, 0.15) is 11.3 Å². The molecular formula is C18H13BrN4O2. The van der Waals surface area contributed by atoms with Crippen molar-refractivity contribution in [1.29, 1.82) is 0 Å². The predicted molar refractivity (Wildman–Crippen MR) is 99.0 cm³/mol. The number of nitrogens with zero attached hydrogens (tertiary/aromatic N) is 4. The Morgan fingerprint density at radius 3 is 2.80 bits per heavy atom. The molecule has 6 nitrogen and oxygen atoms in total. The van der Waals surface area contributed by atoms with Gasteiger partial charge >= 0.3 is 0 Å². The van der Waals surface area contributed by atoms with Crippen molar-refractivity contribution >= 4 is 32.5 Å². The van der Waals surface area contributed by atoms with Crippen LogP contribution in [0.2, 0.25) is 0 Å². The third-order valence-electron chi connectivity index (χ3n) is 3.98. The molecule has 0 aliphatic heterocycles. The summed E-state index contributed by atoms with van der Waals surface area (Å²) in [5.41, 5.74) is 2.34. The van der Waals surface area contributed by atoms with Crippen LogP contribution < -0.4 is 11.1 Å². The molecule has 0 N–H and O–H groups in total. The number of hydrogen-bond acceptors (Lipinski definition) is 4. The van der Waals surface area contributed by atoms with Gasteiger partial charge in [0, 0.05) is 16.7 Å². The van der Waals surface area contributed by atoms with E-state index >= 15 is 0 Å². The first-order chi connectivity index (χ1) is 12.0. The predicted octanol–water partition coefficient (Wildman–Crippen LogP) is 2.52. The molecule has 0 saturated heterocycles. The molecule has 0 radical (unpaired) electrons. The summed E-state index contributed by atoms with van der Waals surface area (Å²) in [5, 5.41) is 0.519. The first-order valence-electron chi connectivity index (χ1n) is 7.65. The SMILES string of the molecule is Cc1ccc2nc(Cn3cnc4ccc(Br)cc4c3=O)cc(=O)n2c1. The molecule has 0 bridgehead atoms. The monoisotopic (exact) mass is 396 g/mol. The minimum absolute atomic E-state index is 0.169. The zero-order chi connectivity index (χ0) is 17.6. The van der Waals surface area contributed by atoms with Crippen molar-refractivity contribution in [2.45, 2.75) is 13.5 Å². The van der Waals surface area contributed by atoms with Gasteiger partial charge in [-0.05, 0) is 36.8 Å². The molecule has 0 saturated carbocycles. The van der Waals surface area contributed by atoms with Crippen LogP contribution in [-0.2, 0) is 6.54 Å². The van der Waals surface area contributed by atoms with Crippen molar-refractivity contribution in [1.82, 2.24) is 18.9 Å². The Morgan fingerprint density at radius 1 is 1.12 bits per heavy atom. The van der Waals surface area contributed by atoms with Crippen molar-refractivity contribution in [3.05, 3.63) is 85.4 Å². The maximum absolute atomic E-state index is 12.7. The molecule has 3 aromatic heterocycles. The highest BCUT2D eigenvalue weighted by molar-refractivity contribution is 9.10. The van der Waals surface area contributed by atoms with Crippen LogP contribution in [0.3, 0.4) is 0 Å². The lowest BCUT2D eigenvalue weighted by Crippen LogP contribution is -2.23. The van der Waals surface area contributed by atoms with Gasteiger partial charge in [0.05, 0.1) is 29.5 Å². The molecule has 4 rings (SSSR count). The highest BCUT2D eigenvalue weighted by atomic mass is 79.9. The lowest BCUT2D eigenvalue weighted by Gasteiger charge is -2.08. The van der Waals surface area contributed by atoms with Crippen LogP contribution in [0.4, 0.5) is 0 Å². The van der Waals surface area contributed by atoms with Gasteiger partial charge in [-0.1, -0.05) is 22.0 Å². The molecule has 0 spiro atoms. The van der Waals surface area contributed by atoms with Gasteiger partial charge in [0.25, 0.3) is 11.1 Å². The number of rotatable bonds is 2. The molecule has 0 aliphatic carbocycles. The van der Waals surface area contributed by atoms with Crippen LogP contribution in [0, 0.1) is 6.92 Å². The average Bonchev–Trinajstić information content (AvgIpc) is 2.59. The van der Waals surface area contributed by atoms with E-state index < -0.39 is 0 Å². The van der Waals surface area contributed by atoms with Crippen LogP contribution >= 0.6 is 15.9 Å². The third-order valence-corrected chi connectivity index (χ3v) is 4.47. The van der Waals surface area contributed by atoms with Gasteiger partial charge in [0.2, 0.25) is 0 Å². The van der Waals surface area contributed by atoms with Crippen molar-refractivity contribution in [3.63, 3.8) is 0 Å². The van der Waals surface area contributed by atoms with Crippen molar-refractivity contribution < 1.29 is 0 Å². The smallest absolute Gasteiger partial charge is 0.261 e. The van der Waals surface area contributed by atoms with E-state index in [2.05, 4.69) is 25.9 Å². The van der Waals surface area contributed by atoms with E-state index in [9.17, 15) is 9.59 Å². The summed E-state index contributed by atoms with van der Waals surface area (Å²) in [5.74, 6) is 0. The summed E-state index contributed by atoms with van der Waals surface area (Å²) in [7, 11) is 0. The summed E-state index contributed by atoms with van der Waals surface area (Å²) >= 11 is 3.37. The Kier molecular flexibility index (Phi) is 3.73. The maximum Gasteiger partial charge on any atom is 0.261 e. The first kappa shape index (κ1) is 15.7. The normalized spacial score (nSPS) is 11.3.